The maximum Gasteiger partial charge on any atom is 0.0742 e. The minimum absolute atomic E-state index is 0.452. The molecule has 0 amide bonds. The van der Waals surface area contributed by atoms with E-state index in [9.17, 15) is 0 Å². The minimum Gasteiger partial charge on any atom is -0.309 e. The summed E-state index contributed by atoms with van der Waals surface area (Å²) in [6, 6.07) is 43.6. The van der Waals surface area contributed by atoms with Gasteiger partial charge in [-0.25, -0.2) is 0 Å². The first-order chi connectivity index (χ1) is 16.3. The Bertz CT molecular complexity index is 1660. The van der Waals surface area contributed by atoms with E-state index >= 15 is 0 Å². The van der Waals surface area contributed by atoms with Crippen molar-refractivity contribution in [1.82, 2.24) is 4.57 Å². The second-order valence-electron chi connectivity index (χ2n) is 8.69. The third-order valence-corrected chi connectivity index (χ3v) is 7.38. The van der Waals surface area contributed by atoms with Gasteiger partial charge >= 0.3 is 0 Å². The maximum absolute atomic E-state index is 6.35. The first-order valence-electron chi connectivity index (χ1n) is 11.2. The average molecular weight is 442 g/mol. The first kappa shape index (κ1) is 18.7. The number of nitrogens with zero attached hydrogens (tertiary/aromatic N) is 1. The van der Waals surface area contributed by atoms with Crippen LogP contribution in [-0.4, -0.2) is 4.57 Å². The molecule has 1 unspecified atom stereocenters. The van der Waals surface area contributed by atoms with E-state index in [1.54, 1.807) is 0 Å². The minimum atomic E-state index is -0.452. The SMILES string of the molecule is Clc1ccc(C2(c3ccccc3)c3ccccc3-n3c4ccccc4c4cccc2c43)cc1. The highest BCUT2D eigenvalue weighted by Crippen LogP contribution is 2.54. The molecule has 0 radical (unpaired) electrons. The number of fused-ring (bicyclic) bond motifs is 5. The Balaban J connectivity index is 1.77. The van der Waals surface area contributed by atoms with Crippen LogP contribution in [0.15, 0.2) is 121 Å². The molecule has 0 fully saturated rings. The number of para-hydroxylation sites is 3. The summed E-state index contributed by atoms with van der Waals surface area (Å²) in [6.07, 6.45) is 0. The van der Waals surface area contributed by atoms with Crippen molar-refractivity contribution in [2.45, 2.75) is 5.41 Å². The lowest BCUT2D eigenvalue weighted by atomic mass is 9.63. The van der Waals surface area contributed by atoms with Crippen LogP contribution in [0.25, 0.3) is 27.5 Å². The molecule has 1 aromatic heterocycles. The summed E-state index contributed by atoms with van der Waals surface area (Å²) in [5.74, 6) is 0. The summed E-state index contributed by atoms with van der Waals surface area (Å²) in [5.41, 5.74) is 8.33. The molecule has 0 N–H and O–H groups in total. The second kappa shape index (κ2) is 6.84. The molecule has 7 rings (SSSR count). The molecule has 2 heterocycles. The molecular formula is C31H20ClN. The van der Waals surface area contributed by atoms with Crippen LogP contribution < -0.4 is 0 Å². The molecule has 0 spiro atoms. The first-order valence-corrected chi connectivity index (χ1v) is 11.6. The van der Waals surface area contributed by atoms with E-state index in [-0.39, 0.29) is 0 Å². The van der Waals surface area contributed by atoms with Crippen LogP contribution in [0.1, 0.15) is 22.3 Å². The highest BCUT2D eigenvalue weighted by molar-refractivity contribution is 6.30. The molecule has 1 atom stereocenters. The average Bonchev–Trinajstić information content (AvgIpc) is 3.22. The van der Waals surface area contributed by atoms with Gasteiger partial charge in [0.2, 0.25) is 0 Å². The monoisotopic (exact) mass is 441 g/mol. The van der Waals surface area contributed by atoms with Gasteiger partial charge in [-0.15, -0.1) is 0 Å². The quantitative estimate of drug-likeness (QED) is 0.255. The summed E-state index contributed by atoms with van der Waals surface area (Å²) in [6.45, 7) is 0. The van der Waals surface area contributed by atoms with Crippen LogP contribution in [0.4, 0.5) is 0 Å². The predicted molar refractivity (Wildman–Crippen MR) is 138 cm³/mol. The predicted octanol–water partition coefficient (Wildman–Crippen LogP) is 8.13. The fraction of sp³-hybridized carbons (Fsp3) is 0.0323. The molecule has 0 saturated carbocycles. The number of hydrogen-bond donors (Lipinski definition) is 0. The summed E-state index contributed by atoms with van der Waals surface area (Å²) >= 11 is 6.35. The molecule has 6 aromatic rings. The van der Waals surface area contributed by atoms with Gasteiger partial charge in [0, 0.05) is 15.8 Å². The fourth-order valence-corrected chi connectivity index (χ4v) is 6.00. The molecule has 33 heavy (non-hydrogen) atoms. The number of rotatable bonds is 2. The van der Waals surface area contributed by atoms with E-state index < -0.39 is 5.41 Å². The zero-order valence-electron chi connectivity index (χ0n) is 17.9. The standard InChI is InChI=1S/C31H20ClN/c32-23-19-17-22(18-20-23)31(21-9-2-1-3-10-21)26-13-5-7-16-29(26)33-28-15-6-4-11-24(28)25-12-8-14-27(31)30(25)33/h1-20H. The van der Waals surface area contributed by atoms with Gasteiger partial charge < -0.3 is 4.57 Å². The summed E-state index contributed by atoms with van der Waals surface area (Å²) < 4.78 is 2.45. The zero-order valence-corrected chi connectivity index (χ0v) is 18.6. The van der Waals surface area contributed by atoms with Gasteiger partial charge in [-0.1, -0.05) is 109 Å². The molecule has 0 saturated heterocycles. The van der Waals surface area contributed by atoms with E-state index in [0.717, 1.165) is 5.02 Å². The van der Waals surface area contributed by atoms with Gasteiger partial charge in [-0.3, -0.25) is 0 Å². The van der Waals surface area contributed by atoms with Crippen LogP contribution in [0.5, 0.6) is 0 Å². The van der Waals surface area contributed by atoms with E-state index in [1.165, 1.54) is 49.7 Å². The molecule has 2 heteroatoms. The molecule has 0 aliphatic carbocycles. The van der Waals surface area contributed by atoms with Crippen LogP contribution in [0, 0.1) is 0 Å². The third-order valence-electron chi connectivity index (χ3n) is 7.13. The van der Waals surface area contributed by atoms with Crippen LogP contribution in [0.2, 0.25) is 5.02 Å². The van der Waals surface area contributed by atoms with Gasteiger partial charge in [0.15, 0.2) is 0 Å². The Morgan fingerprint density at radius 1 is 0.515 bits per heavy atom. The van der Waals surface area contributed by atoms with Crippen molar-refractivity contribution in [1.29, 1.82) is 0 Å². The van der Waals surface area contributed by atoms with E-state index in [0.29, 0.717) is 0 Å². The van der Waals surface area contributed by atoms with Crippen molar-refractivity contribution in [3.05, 3.63) is 149 Å². The van der Waals surface area contributed by atoms with E-state index in [2.05, 4.69) is 114 Å². The lowest BCUT2D eigenvalue weighted by Crippen LogP contribution is -2.35. The number of benzene rings is 5. The van der Waals surface area contributed by atoms with Crippen molar-refractivity contribution in [2.24, 2.45) is 0 Å². The Hall–Kier alpha value is -3.81. The van der Waals surface area contributed by atoms with Crippen LogP contribution >= 0.6 is 11.6 Å². The third kappa shape index (κ3) is 2.38. The lowest BCUT2D eigenvalue weighted by Gasteiger charge is -2.41. The Labute approximate surface area is 197 Å². The van der Waals surface area contributed by atoms with Gasteiger partial charge in [-0.2, -0.15) is 0 Å². The van der Waals surface area contributed by atoms with Crippen LogP contribution in [0.3, 0.4) is 0 Å². The normalized spacial score (nSPS) is 16.8. The Morgan fingerprint density at radius 2 is 1.15 bits per heavy atom. The maximum atomic E-state index is 6.35. The molecule has 156 valence electrons. The number of hydrogen-bond acceptors (Lipinski definition) is 0. The Morgan fingerprint density at radius 3 is 2.00 bits per heavy atom. The topological polar surface area (TPSA) is 4.93 Å². The summed E-state index contributed by atoms with van der Waals surface area (Å²) in [4.78, 5) is 0. The van der Waals surface area contributed by atoms with Gasteiger partial charge in [0.05, 0.1) is 22.1 Å². The van der Waals surface area contributed by atoms with Crippen molar-refractivity contribution in [3.8, 4) is 5.69 Å². The summed E-state index contributed by atoms with van der Waals surface area (Å²) in [7, 11) is 0. The number of aromatic nitrogens is 1. The molecule has 0 bridgehead atoms. The van der Waals surface area contributed by atoms with Crippen molar-refractivity contribution in [2.75, 3.05) is 0 Å². The molecular weight excluding hydrogens is 422 g/mol. The van der Waals surface area contributed by atoms with Gasteiger partial charge in [0.25, 0.3) is 0 Å². The van der Waals surface area contributed by atoms with Crippen molar-refractivity contribution >= 4 is 33.4 Å². The van der Waals surface area contributed by atoms with Crippen molar-refractivity contribution < 1.29 is 0 Å². The highest BCUT2D eigenvalue weighted by Gasteiger charge is 2.44. The largest absolute Gasteiger partial charge is 0.309 e. The van der Waals surface area contributed by atoms with Gasteiger partial charge in [-0.05, 0) is 46.5 Å². The molecule has 1 nitrogen and oxygen atoms in total. The highest BCUT2D eigenvalue weighted by atomic mass is 35.5. The Kier molecular flexibility index (Phi) is 3.88. The van der Waals surface area contributed by atoms with Gasteiger partial charge in [0.1, 0.15) is 0 Å². The lowest BCUT2D eigenvalue weighted by molar-refractivity contribution is 0.728. The molecule has 1 aliphatic heterocycles. The van der Waals surface area contributed by atoms with Crippen LogP contribution in [-0.2, 0) is 5.41 Å². The zero-order chi connectivity index (χ0) is 22.0. The fourth-order valence-electron chi connectivity index (χ4n) is 5.88. The summed E-state index contributed by atoms with van der Waals surface area (Å²) in [5, 5.41) is 3.31. The smallest absolute Gasteiger partial charge is 0.0742 e. The van der Waals surface area contributed by atoms with Crippen molar-refractivity contribution in [3.63, 3.8) is 0 Å². The second-order valence-corrected chi connectivity index (χ2v) is 9.13. The molecule has 1 aliphatic rings. The van der Waals surface area contributed by atoms with E-state index in [1.807, 2.05) is 12.1 Å². The molecule has 5 aromatic carbocycles. The van der Waals surface area contributed by atoms with E-state index in [4.69, 9.17) is 11.6 Å². The number of halogens is 1.